The molecule has 0 radical (unpaired) electrons. The normalized spacial score (nSPS) is 23.4. The quantitative estimate of drug-likeness (QED) is 0.371. The summed E-state index contributed by atoms with van der Waals surface area (Å²) in [7, 11) is 0. The second-order valence-electron chi connectivity index (χ2n) is 6.39. The molecule has 2 aromatic rings. The summed E-state index contributed by atoms with van der Waals surface area (Å²) < 4.78 is 6.99. The lowest BCUT2D eigenvalue weighted by Crippen LogP contribution is -2.42. The summed E-state index contributed by atoms with van der Waals surface area (Å²) >= 11 is 0. The van der Waals surface area contributed by atoms with Crippen molar-refractivity contribution in [1.29, 1.82) is 5.26 Å². The van der Waals surface area contributed by atoms with Crippen molar-refractivity contribution in [2.24, 2.45) is 0 Å². The first kappa shape index (κ1) is 20.5. The molecule has 0 saturated carbocycles. The van der Waals surface area contributed by atoms with Gasteiger partial charge in [-0.05, 0) is 19.3 Å². The molecule has 3 rings (SSSR count). The van der Waals surface area contributed by atoms with Gasteiger partial charge in [0.1, 0.15) is 17.7 Å². The van der Waals surface area contributed by atoms with Gasteiger partial charge in [-0.15, -0.1) is 0 Å². The number of rotatable bonds is 5. The Labute approximate surface area is 166 Å². The van der Waals surface area contributed by atoms with E-state index >= 15 is 0 Å². The van der Waals surface area contributed by atoms with Crippen molar-refractivity contribution in [3.8, 4) is 17.9 Å². The van der Waals surface area contributed by atoms with Gasteiger partial charge in [-0.25, -0.2) is 15.0 Å². The van der Waals surface area contributed by atoms with Crippen molar-refractivity contribution in [2.75, 3.05) is 12.3 Å². The largest absolute Gasteiger partial charge is 0.387 e. The van der Waals surface area contributed by atoms with Gasteiger partial charge in [0, 0.05) is 19.4 Å². The molecule has 11 nitrogen and oxygen atoms in total. The smallest absolute Gasteiger partial charge is 0.252 e. The van der Waals surface area contributed by atoms with Gasteiger partial charge in [0.15, 0.2) is 23.8 Å². The van der Waals surface area contributed by atoms with Crippen molar-refractivity contribution in [3.63, 3.8) is 0 Å². The van der Waals surface area contributed by atoms with Gasteiger partial charge in [-0.1, -0.05) is 5.92 Å². The number of nitrogens with one attached hydrogen (secondary N) is 1. The van der Waals surface area contributed by atoms with Crippen LogP contribution < -0.4 is 11.1 Å². The molecule has 0 aliphatic carbocycles. The monoisotopic (exact) mass is 399 g/mol. The highest BCUT2D eigenvalue weighted by atomic mass is 16.6. The van der Waals surface area contributed by atoms with Crippen molar-refractivity contribution in [3.05, 3.63) is 12.2 Å². The molecular weight excluding hydrogens is 378 g/mol. The number of imidazole rings is 1. The third-order valence-electron chi connectivity index (χ3n) is 4.36. The second-order valence-corrected chi connectivity index (χ2v) is 6.39. The van der Waals surface area contributed by atoms with Gasteiger partial charge in [-0.2, -0.15) is 5.26 Å². The molecule has 1 amide bonds. The third-order valence-corrected chi connectivity index (χ3v) is 4.36. The average Bonchev–Trinajstić information content (AvgIpc) is 3.24. The van der Waals surface area contributed by atoms with Gasteiger partial charge in [-0.3, -0.25) is 9.36 Å². The fourth-order valence-electron chi connectivity index (χ4n) is 2.96. The molecule has 0 aromatic carbocycles. The lowest BCUT2D eigenvalue weighted by molar-refractivity contribution is -0.137. The van der Waals surface area contributed by atoms with Crippen molar-refractivity contribution in [2.45, 2.75) is 50.7 Å². The first-order valence-corrected chi connectivity index (χ1v) is 9.13. The van der Waals surface area contributed by atoms with Crippen molar-refractivity contribution >= 4 is 22.9 Å². The van der Waals surface area contributed by atoms with E-state index in [0.717, 1.165) is 0 Å². The summed E-state index contributed by atoms with van der Waals surface area (Å²) in [5.41, 5.74) is 6.48. The molecule has 11 heteroatoms. The molecule has 5 N–H and O–H groups in total. The zero-order chi connectivity index (χ0) is 21.0. The minimum Gasteiger partial charge on any atom is -0.387 e. The maximum Gasteiger partial charge on any atom is 0.252 e. The lowest BCUT2D eigenvalue weighted by Gasteiger charge is -2.16. The van der Waals surface area contributed by atoms with Crippen LogP contribution in [0.5, 0.6) is 0 Å². The molecule has 1 aliphatic heterocycles. The minimum atomic E-state index is -1.41. The van der Waals surface area contributed by atoms with E-state index < -0.39 is 30.4 Å². The van der Waals surface area contributed by atoms with Crippen LogP contribution in [0.3, 0.4) is 0 Å². The lowest BCUT2D eigenvalue weighted by atomic mass is 10.1. The number of aliphatic hydroxyl groups is 2. The molecule has 1 aliphatic rings. The first-order valence-electron chi connectivity index (χ1n) is 9.13. The Morgan fingerprint density at radius 3 is 2.90 bits per heavy atom. The highest BCUT2D eigenvalue weighted by Gasteiger charge is 2.47. The maximum absolute atomic E-state index is 12.1. The van der Waals surface area contributed by atoms with E-state index in [2.05, 4.69) is 32.1 Å². The first-order chi connectivity index (χ1) is 14.0. The molecule has 29 heavy (non-hydrogen) atoms. The molecule has 3 heterocycles. The number of unbranched alkanes of at least 4 members (excludes halogenated alkanes) is 2. The number of carbonyl (C=O) groups is 1. The third kappa shape index (κ3) is 4.12. The number of likely N-dealkylation sites (N-methyl/N-ethyl adjacent to an activating group) is 1. The van der Waals surface area contributed by atoms with Gasteiger partial charge in [0.2, 0.25) is 5.82 Å². The van der Waals surface area contributed by atoms with Crippen molar-refractivity contribution in [1.82, 2.24) is 24.8 Å². The van der Waals surface area contributed by atoms with Crippen LogP contribution in [0.25, 0.3) is 11.2 Å². The van der Waals surface area contributed by atoms with Crippen molar-refractivity contribution < 1.29 is 19.7 Å². The molecule has 4 atom stereocenters. The zero-order valence-electron chi connectivity index (χ0n) is 15.7. The molecule has 2 aromatic heterocycles. The van der Waals surface area contributed by atoms with Crippen LogP contribution in [0.4, 0.5) is 5.82 Å². The number of carbonyl (C=O) groups excluding carboxylic acids is 1. The second kappa shape index (κ2) is 8.84. The van der Waals surface area contributed by atoms with E-state index in [1.807, 2.05) is 6.07 Å². The average molecular weight is 399 g/mol. The predicted molar refractivity (Wildman–Crippen MR) is 101 cm³/mol. The summed E-state index contributed by atoms with van der Waals surface area (Å²) in [6.45, 7) is 2.10. The Hall–Kier alpha value is -3.25. The minimum absolute atomic E-state index is 0.100. The number of aliphatic hydroxyl groups excluding tert-OH is 2. The summed E-state index contributed by atoms with van der Waals surface area (Å²) in [4.78, 5) is 24.6. The van der Waals surface area contributed by atoms with E-state index in [-0.39, 0.29) is 22.8 Å². The number of aromatic nitrogens is 4. The molecule has 0 spiro atoms. The Bertz CT molecular complexity index is 1000. The number of nitrogen functional groups attached to an aromatic ring is 1. The molecule has 0 bridgehead atoms. The van der Waals surface area contributed by atoms with Crippen LogP contribution in [0.1, 0.15) is 38.2 Å². The summed E-state index contributed by atoms with van der Waals surface area (Å²) in [6, 6.07) is 2.04. The van der Waals surface area contributed by atoms with Crippen LogP contribution in [0, 0.1) is 23.2 Å². The van der Waals surface area contributed by atoms with Crippen LogP contribution in [0.15, 0.2) is 6.33 Å². The van der Waals surface area contributed by atoms with Gasteiger partial charge < -0.3 is 26.0 Å². The molecule has 1 saturated heterocycles. The number of nitriles is 1. The topological polar surface area (TPSA) is 172 Å². The number of nitrogens with two attached hydrogens (primary N) is 1. The SMILES string of the molecule is CCNC(=O)[C@H]1O[C@@H](n2cnc3c(N)nc(C#CCCCC#N)nc32)[C@H](O)[C@@H]1O. The molecular formula is C18H21N7O4. The highest BCUT2D eigenvalue weighted by molar-refractivity contribution is 5.83. The van der Waals surface area contributed by atoms with Gasteiger partial charge >= 0.3 is 0 Å². The van der Waals surface area contributed by atoms with Gasteiger partial charge in [0.05, 0.1) is 12.4 Å². The van der Waals surface area contributed by atoms with E-state index in [9.17, 15) is 15.0 Å². The Morgan fingerprint density at radius 1 is 1.38 bits per heavy atom. The summed E-state index contributed by atoms with van der Waals surface area (Å²) in [5.74, 6) is 5.40. The Balaban J connectivity index is 1.90. The van der Waals surface area contributed by atoms with E-state index in [1.54, 1.807) is 6.92 Å². The summed E-state index contributed by atoms with van der Waals surface area (Å²) in [5, 5.41) is 31.7. The zero-order valence-corrected chi connectivity index (χ0v) is 15.7. The molecule has 0 unspecified atom stereocenters. The van der Waals surface area contributed by atoms with E-state index in [1.165, 1.54) is 10.9 Å². The van der Waals surface area contributed by atoms with Crippen LogP contribution >= 0.6 is 0 Å². The number of anilines is 1. The number of amides is 1. The van der Waals surface area contributed by atoms with Crippen LogP contribution in [-0.4, -0.2) is 60.5 Å². The number of nitrogens with zero attached hydrogens (tertiary/aromatic N) is 5. The fourth-order valence-corrected chi connectivity index (χ4v) is 2.96. The summed E-state index contributed by atoms with van der Waals surface area (Å²) in [6.07, 6.45) is -2.20. The number of hydrogen-bond donors (Lipinski definition) is 4. The predicted octanol–water partition coefficient (Wildman–Crippen LogP) is -0.791. The number of ether oxygens (including phenoxy) is 1. The highest BCUT2D eigenvalue weighted by Crippen LogP contribution is 2.32. The van der Waals surface area contributed by atoms with Gasteiger partial charge in [0.25, 0.3) is 5.91 Å². The standard InChI is InChI=1S/C18H21N7O4/c1-2-21-17(28)14-12(26)13(27)18(29-14)25-9-22-11-15(20)23-10(24-16(11)25)7-5-3-4-6-8-19/h9,12-14,18,26-27H,2-4,6H2,1H3,(H,21,28)(H2,20,23,24)/t12-,13+,14-,18+/m0/s1. The Morgan fingerprint density at radius 2 is 2.17 bits per heavy atom. The van der Waals surface area contributed by atoms with Crippen LogP contribution in [0.2, 0.25) is 0 Å². The van der Waals surface area contributed by atoms with E-state index in [0.29, 0.717) is 25.8 Å². The number of fused-ring (bicyclic) bond motifs is 1. The Kier molecular flexibility index (Phi) is 6.24. The fraction of sp³-hybridized carbons (Fsp3) is 0.500. The van der Waals surface area contributed by atoms with Crippen LogP contribution in [-0.2, 0) is 9.53 Å². The molecule has 1 fully saturated rings. The molecule has 152 valence electrons. The maximum atomic E-state index is 12.1. The van der Waals surface area contributed by atoms with E-state index in [4.69, 9.17) is 15.7 Å². The number of hydrogen-bond acceptors (Lipinski definition) is 9.